The number of hydrogen-bond acceptors (Lipinski definition) is 3. The number of aromatic amines is 1. The predicted octanol–water partition coefficient (Wildman–Crippen LogP) is 1.72. The Kier molecular flexibility index (Phi) is 2.42. The van der Waals surface area contributed by atoms with Crippen LogP contribution >= 0.6 is 0 Å². The molecule has 0 bridgehead atoms. The maximum Gasteiger partial charge on any atom is 0.181 e. The normalized spacial score (nSPS) is 10.6. The number of nitrogens with one attached hydrogen (secondary N) is 1. The summed E-state index contributed by atoms with van der Waals surface area (Å²) >= 11 is 0. The van der Waals surface area contributed by atoms with Crippen LogP contribution in [0.4, 0.5) is 0 Å². The van der Waals surface area contributed by atoms with Crippen LogP contribution in [0.25, 0.3) is 11.4 Å². The van der Waals surface area contributed by atoms with Crippen molar-refractivity contribution >= 4 is 0 Å². The predicted molar refractivity (Wildman–Crippen MR) is 63.1 cm³/mol. The molecule has 0 unspecified atom stereocenters. The summed E-state index contributed by atoms with van der Waals surface area (Å²) < 4.78 is 1.80. The molecule has 0 aliphatic rings. The second-order valence-corrected chi connectivity index (χ2v) is 3.68. The van der Waals surface area contributed by atoms with Crippen LogP contribution in [-0.2, 0) is 6.54 Å². The van der Waals surface area contributed by atoms with E-state index < -0.39 is 0 Å². The van der Waals surface area contributed by atoms with Crippen LogP contribution in [0, 0.1) is 0 Å². The fraction of sp³-hybridized carbons (Fsp3) is 0.0833. The van der Waals surface area contributed by atoms with Gasteiger partial charge in [-0.3, -0.25) is 9.78 Å². The number of aromatic nitrogens is 5. The third kappa shape index (κ3) is 2.08. The Morgan fingerprint density at radius 2 is 2.00 bits per heavy atom. The molecular formula is C12H11N5. The summed E-state index contributed by atoms with van der Waals surface area (Å²) in [4.78, 5) is 4.43. The highest BCUT2D eigenvalue weighted by molar-refractivity contribution is 5.53. The Labute approximate surface area is 98.1 Å². The van der Waals surface area contributed by atoms with E-state index in [4.69, 9.17) is 0 Å². The van der Waals surface area contributed by atoms with Gasteiger partial charge in [0.25, 0.3) is 0 Å². The number of rotatable bonds is 3. The average Bonchev–Trinajstić information content (AvgIpc) is 3.02. The Balaban J connectivity index is 1.84. The number of H-pyrrole nitrogens is 1. The van der Waals surface area contributed by atoms with Crippen LogP contribution in [0.2, 0.25) is 0 Å². The van der Waals surface area contributed by atoms with E-state index in [1.807, 2.05) is 42.6 Å². The molecule has 0 aliphatic carbocycles. The smallest absolute Gasteiger partial charge is 0.181 e. The number of nitrogens with zero attached hydrogens (tertiary/aromatic N) is 4. The number of benzene rings is 1. The van der Waals surface area contributed by atoms with Gasteiger partial charge in [0, 0.05) is 18.0 Å². The van der Waals surface area contributed by atoms with Gasteiger partial charge in [-0.05, 0) is 6.07 Å². The Hall–Kier alpha value is -2.43. The molecule has 0 fully saturated rings. The van der Waals surface area contributed by atoms with Gasteiger partial charge in [0.05, 0.1) is 0 Å². The van der Waals surface area contributed by atoms with Crippen molar-refractivity contribution < 1.29 is 0 Å². The SMILES string of the molecule is c1ccc(-c2n[nH]c(Cn3cccn3)n2)cc1. The first-order valence-corrected chi connectivity index (χ1v) is 5.36. The lowest BCUT2D eigenvalue weighted by molar-refractivity contribution is 0.657. The quantitative estimate of drug-likeness (QED) is 0.738. The number of hydrogen-bond donors (Lipinski definition) is 1. The topological polar surface area (TPSA) is 59.4 Å². The zero-order valence-corrected chi connectivity index (χ0v) is 9.11. The molecule has 2 aromatic heterocycles. The lowest BCUT2D eigenvalue weighted by atomic mass is 10.2. The molecule has 84 valence electrons. The fourth-order valence-electron chi connectivity index (χ4n) is 1.63. The molecule has 5 nitrogen and oxygen atoms in total. The second-order valence-electron chi connectivity index (χ2n) is 3.68. The van der Waals surface area contributed by atoms with Crippen molar-refractivity contribution in [3.63, 3.8) is 0 Å². The van der Waals surface area contributed by atoms with E-state index in [9.17, 15) is 0 Å². The largest absolute Gasteiger partial charge is 0.265 e. The van der Waals surface area contributed by atoms with E-state index in [-0.39, 0.29) is 0 Å². The highest BCUT2D eigenvalue weighted by Gasteiger charge is 2.05. The van der Waals surface area contributed by atoms with Gasteiger partial charge in [0.15, 0.2) is 5.82 Å². The molecule has 1 aromatic carbocycles. The van der Waals surface area contributed by atoms with Gasteiger partial charge in [0.2, 0.25) is 0 Å². The molecule has 0 spiro atoms. The first kappa shape index (κ1) is 9.77. The molecule has 0 radical (unpaired) electrons. The fourth-order valence-corrected chi connectivity index (χ4v) is 1.63. The molecule has 0 saturated heterocycles. The van der Waals surface area contributed by atoms with E-state index in [1.54, 1.807) is 10.9 Å². The molecule has 3 rings (SSSR count). The van der Waals surface area contributed by atoms with Crippen molar-refractivity contribution in [2.45, 2.75) is 6.54 Å². The summed E-state index contributed by atoms with van der Waals surface area (Å²) in [6.07, 6.45) is 3.64. The van der Waals surface area contributed by atoms with Gasteiger partial charge >= 0.3 is 0 Å². The highest BCUT2D eigenvalue weighted by Crippen LogP contribution is 2.13. The van der Waals surface area contributed by atoms with Gasteiger partial charge in [-0.15, -0.1) is 0 Å². The van der Waals surface area contributed by atoms with Crippen LogP contribution in [0.15, 0.2) is 48.8 Å². The minimum atomic E-state index is 0.604. The molecule has 0 aliphatic heterocycles. The van der Waals surface area contributed by atoms with E-state index in [0.29, 0.717) is 12.4 Å². The maximum absolute atomic E-state index is 4.43. The standard InChI is InChI=1S/C12H11N5/c1-2-5-10(6-3-1)12-14-11(15-16-12)9-17-8-4-7-13-17/h1-8H,9H2,(H,14,15,16). The van der Waals surface area contributed by atoms with Crippen LogP contribution < -0.4 is 0 Å². The third-order valence-electron chi connectivity index (χ3n) is 2.43. The molecule has 0 saturated carbocycles. The monoisotopic (exact) mass is 225 g/mol. The second kappa shape index (κ2) is 4.21. The molecule has 1 N–H and O–H groups in total. The molecule has 3 aromatic rings. The van der Waals surface area contributed by atoms with Crippen molar-refractivity contribution in [1.29, 1.82) is 0 Å². The molecule has 0 atom stereocenters. The van der Waals surface area contributed by atoms with Gasteiger partial charge in [-0.2, -0.15) is 10.2 Å². The lowest BCUT2D eigenvalue weighted by Gasteiger charge is -1.95. The Bertz CT molecular complexity index is 582. The zero-order valence-electron chi connectivity index (χ0n) is 9.11. The summed E-state index contributed by atoms with van der Waals surface area (Å²) in [6, 6.07) is 11.8. The molecular weight excluding hydrogens is 214 g/mol. The first-order chi connectivity index (χ1) is 8.42. The summed E-state index contributed by atoms with van der Waals surface area (Å²) in [5.41, 5.74) is 1.01. The molecule has 2 heterocycles. The average molecular weight is 225 g/mol. The van der Waals surface area contributed by atoms with Crippen LogP contribution in [0.3, 0.4) is 0 Å². The van der Waals surface area contributed by atoms with Gasteiger partial charge < -0.3 is 0 Å². The summed E-state index contributed by atoms with van der Waals surface area (Å²) in [7, 11) is 0. The van der Waals surface area contributed by atoms with E-state index in [1.165, 1.54) is 0 Å². The third-order valence-corrected chi connectivity index (χ3v) is 2.43. The molecule has 5 heteroatoms. The van der Waals surface area contributed by atoms with Crippen LogP contribution in [0.1, 0.15) is 5.82 Å². The summed E-state index contributed by atoms with van der Waals surface area (Å²) in [5, 5.41) is 11.2. The van der Waals surface area contributed by atoms with Crippen LogP contribution in [0.5, 0.6) is 0 Å². The Morgan fingerprint density at radius 1 is 1.12 bits per heavy atom. The highest BCUT2D eigenvalue weighted by atomic mass is 15.3. The van der Waals surface area contributed by atoms with E-state index in [2.05, 4.69) is 20.3 Å². The molecule has 0 amide bonds. The maximum atomic E-state index is 4.43. The van der Waals surface area contributed by atoms with E-state index >= 15 is 0 Å². The summed E-state index contributed by atoms with van der Waals surface area (Å²) in [5.74, 6) is 1.51. The van der Waals surface area contributed by atoms with Crippen molar-refractivity contribution in [3.05, 3.63) is 54.6 Å². The minimum absolute atomic E-state index is 0.604. The van der Waals surface area contributed by atoms with Gasteiger partial charge in [-0.1, -0.05) is 30.3 Å². The van der Waals surface area contributed by atoms with Crippen molar-refractivity contribution in [1.82, 2.24) is 25.0 Å². The van der Waals surface area contributed by atoms with Gasteiger partial charge in [-0.25, -0.2) is 4.98 Å². The molecule has 17 heavy (non-hydrogen) atoms. The van der Waals surface area contributed by atoms with Gasteiger partial charge in [0.1, 0.15) is 12.4 Å². The summed E-state index contributed by atoms with van der Waals surface area (Å²) in [6.45, 7) is 0.604. The zero-order chi connectivity index (χ0) is 11.5. The minimum Gasteiger partial charge on any atom is -0.265 e. The van der Waals surface area contributed by atoms with Crippen molar-refractivity contribution in [3.8, 4) is 11.4 Å². The van der Waals surface area contributed by atoms with Crippen molar-refractivity contribution in [2.24, 2.45) is 0 Å². The van der Waals surface area contributed by atoms with Crippen molar-refractivity contribution in [2.75, 3.05) is 0 Å². The lowest BCUT2D eigenvalue weighted by Crippen LogP contribution is -2.01. The Morgan fingerprint density at radius 3 is 2.76 bits per heavy atom. The van der Waals surface area contributed by atoms with Crippen LogP contribution in [-0.4, -0.2) is 25.0 Å². The van der Waals surface area contributed by atoms with E-state index in [0.717, 1.165) is 11.4 Å². The first-order valence-electron chi connectivity index (χ1n) is 5.36.